The minimum Gasteiger partial charge on any atom is -0.337 e. The number of nitrogens with one attached hydrogen (secondary N) is 3. The van der Waals surface area contributed by atoms with Gasteiger partial charge < -0.3 is 16.0 Å². The summed E-state index contributed by atoms with van der Waals surface area (Å²) in [5.74, 6) is -0.453. The topological polar surface area (TPSA) is 70.2 Å². The molecule has 1 rings (SSSR count). The van der Waals surface area contributed by atoms with Crippen LogP contribution in [0, 0.1) is 0 Å². The quantitative estimate of drug-likeness (QED) is 0.691. The molecule has 1 aromatic carbocycles. The summed E-state index contributed by atoms with van der Waals surface area (Å²) in [4.78, 5) is 22.6. The van der Waals surface area contributed by atoms with Crippen molar-refractivity contribution < 1.29 is 22.8 Å². The van der Waals surface area contributed by atoms with Crippen LogP contribution in [0.4, 0.5) is 23.7 Å². The molecule has 0 aliphatic rings. The number of carbonyl (C=O) groups is 2. The van der Waals surface area contributed by atoms with Crippen LogP contribution in [0.5, 0.6) is 0 Å². The lowest BCUT2D eigenvalue weighted by Crippen LogP contribution is -2.38. The van der Waals surface area contributed by atoms with E-state index in [9.17, 15) is 22.8 Å². The maximum absolute atomic E-state index is 11.9. The average Bonchev–Trinajstić information content (AvgIpc) is 2.42. The highest BCUT2D eigenvalue weighted by Crippen LogP contribution is 2.29. The number of hydrogen-bond donors (Lipinski definition) is 3. The van der Waals surface area contributed by atoms with Crippen LogP contribution < -0.4 is 16.0 Å². The van der Waals surface area contributed by atoms with E-state index in [0.29, 0.717) is 5.69 Å². The number of thioether (sulfide) groups is 1. The molecule has 0 aliphatic carbocycles. The van der Waals surface area contributed by atoms with Gasteiger partial charge in [-0.25, -0.2) is 4.79 Å². The molecule has 0 aromatic heterocycles. The Morgan fingerprint density at radius 3 is 2.61 bits per heavy atom. The molecule has 0 saturated carbocycles. The molecule has 0 unspecified atom stereocenters. The Morgan fingerprint density at radius 1 is 1.30 bits per heavy atom. The van der Waals surface area contributed by atoms with E-state index in [1.54, 1.807) is 31.2 Å². The number of amides is 3. The minimum absolute atomic E-state index is 0.0886. The van der Waals surface area contributed by atoms with Gasteiger partial charge in [0.25, 0.3) is 0 Å². The van der Waals surface area contributed by atoms with Crippen molar-refractivity contribution in [1.82, 2.24) is 10.6 Å². The number of urea groups is 1. The first-order valence-electron chi connectivity index (χ1n) is 6.80. The second-order valence-corrected chi connectivity index (χ2v) is 5.88. The van der Waals surface area contributed by atoms with Crippen LogP contribution in [0.2, 0.25) is 0 Å². The van der Waals surface area contributed by atoms with E-state index in [0.717, 1.165) is 5.56 Å². The summed E-state index contributed by atoms with van der Waals surface area (Å²) >= 11 is -0.184. The second kappa shape index (κ2) is 8.66. The summed E-state index contributed by atoms with van der Waals surface area (Å²) in [6.07, 6.45) is 0. The Kier molecular flexibility index (Phi) is 7.21. The third kappa shape index (κ3) is 8.34. The molecule has 9 heteroatoms. The van der Waals surface area contributed by atoms with E-state index in [2.05, 4.69) is 16.0 Å². The van der Waals surface area contributed by atoms with Crippen molar-refractivity contribution in [2.75, 3.05) is 17.6 Å². The molecule has 1 atom stereocenters. The van der Waals surface area contributed by atoms with Gasteiger partial charge in [-0.15, -0.1) is 0 Å². The molecule has 0 aliphatic heterocycles. The Hall–Kier alpha value is -1.90. The third-order valence-electron chi connectivity index (χ3n) is 2.71. The first-order valence-corrected chi connectivity index (χ1v) is 7.78. The molecule has 0 saturated heterocycles. The van der Waals surface area contributed by atoms with Crippen LogP contribution in [-0.2, 0) is 4.79 Å². The minimum atomic E-state index is -4.30. The number of benzene rings is 1. The molecule has 0 heterocycles. The van der Waals surface area contributed by atoms with Crippen molar-refractivity contribution in [3.05, 3.63) is 29.8 Å². The van der Waals surface area contributed by atoms with E-state index in [1.807, 2.05) is 0 Å². The van der Waals surface area contributed by atoms with Gasteiger partial charge in [-0.05, 0) is 36.4 Å². The smallest absolute Gasteiger partial charge is 0.337 e. The van der Waals surface area contributed by atoms with Gasteiger partial charge in [-0.1, -0.05) is 12.1 Å². The Balaban J connectivity index is 2.44. The van der Waals surface area contributed by atoms with Crippen LogP contribution >= 0.6 is 11.8 Å². The fourth-order valence-corrected chi connectivity index (χ4v) is 2.19. The van der Waals surface area contributed by atoms with Gasteiger partial charge in [-0.3, -0.25) is 4.79 Å². The molecule has 0 spiro atoms. The van der Waals surface area contributed by atoms with Gasteiger partial charge in [-0.2, -0.15) is 13.2 Å². The molecule has 3 amide bonds. The largest absolute Gasteiger partial charge is 0.441 e. The normalized spacial score (nSPS) is 12.4. The van der Waals surface area contributed by atoms with Crippen molar-refractivity contribution in [3.63, 3.8) is 0 Å². The van der Waals surface area contributed by atoms with Crippen LogP contribution in [-0.4, -0.2) is 29.7 Å². The summed E-state index contributed by atoms with van der Waals surface area (Å²) in [6.45, 7) is 3.03. The first-order chi connectivity index (χ1) is 10.7. The summed E-state index contributed by atoms with van der Waals surface area (Å²) in [7, 11) is 0. The lowest BCUT2D eigenvalue weighted by molar-refractivity contribution is -0.114. The second-order valence-electron chi connectivity index (χ2n) is 4.72. The lowest BCUT2D eigenvalue weighted by Gasteiger charge is -2.16. The predicted octanol–water partition coefficient (Wildman–Crippen LogP) is 3.26. The summed E-state index contributed by atoms with van der Waals surface area (Å²) in [6, 6.07) is 6.02. The highest BCUT2D eigenvalue weighted by molar-refractivity contribution is 8.00. The molecule has 128 valence electrons. The van der Waals surface area contributed by atoms with Crippen LogP contribution in [0.3, 0.4) is 0 Å². The molecule has 0 radical (unpaired) electrons. The zero-order chi connectivity index (χ0) is 17.5. The number of alkyl halides is 3. The molecule has 3 N–H and O–H groups in total. The van der Waals surface area contributed by atoms with Gasteiger partial charge in [0, 0.05) is 24.9 Å². The van der Waals surface area contributed by atoms with E-state index in [4.69, 9.17) is 0 Å². The Morgan fingerprint density at radius 2 is 2.00 bits per heavy atom. The molecule has 5 nitrogen and oxygen atoms in total. The van der Waals surface area contributed by atoms with E-state index in [-0.39, 0.29) is 36.0 Å². The SMILES string of the molecule is CC(=O)Nc1cccc([C@H](C)NC(=O)NCCSC(F)(F)F)c1. The van der Waals surface area contributed by atoms with Crippen molar-refractivity contribution in [2.24, 2.45) is 0 Å². The van der Waals surface area contributed by atoms with Crippen molar-refractivity contribution in [2.45, 2.75) is 25.4 Å². The lowest BCUT2D eigenvalue weighted by atomic mass is 10.1. The fourth-order valence-electron chi connectivity index (χ4n) is 1.75. The molecule has 1 aromatic rings. The van der Waals surface area contributed by atoms with Crippen molar-refractivity contribution in [3.8, 4) is 0 Å². The van der Waals surface area contributed by atoms with Gasteiger partial charge in [0.1, 0.15) is 0 Å². The summed E-state index contributed by atoms with van der Waals surface area (Å²) < 4.78 is 35.8. The number of hydrogen-bond acceptors (Lipinski definition) is 3. The summed E-state index contributed by atoms with van der Waals surface area (Å²) in [5.41, 5.74) is -2.93. The first kappa shape index (κ1) is 19.1. The van der Waals surface area contributed by atoms with Crippen LogP contribution in [0.1, 0.15) is 25.5 Å². The maximum Gasteiger partial charge on any atom is 0.441 e. The fraction of sp³-hybridized carbons (Fsp3) is 0.429. The van der Waals surface area contributed by atoms with Crippen molar-refractivity contribution in [1.29, 1.82) is 0 Å². The van der Waals surface area contributed by atoms with Crippen LogP contribution in [0.25, 0.3) is 0 Å². The number of anilines is 1. The molecule has 23 heavy (non-hydrogen) atoms. The predicted molar refractivity (Wildman–Crippen MR) is 84.2 cm³/mol. The summed E-state index contributed by atoms with van der Waals surface area (Å²) in [5, 5.41) is 7.62. The standard InChI is InChI=1S/C14H18F3N3O2S/c1-9(11-4-3-5-12(8-11)20-10(2)21)19-13(22)18-6-7-23-14(15,16)17/h3-5,8-9H,6-7H2,1-2H3,(H,20,21)(H2,18,19,22)/t9-/m0/s1. The monoisotopic (exact) mass is 349 g/mol. The third-order valence-corrected chi connectivity index (χ3v) is 3.44. The number of halogens is 3. The van der Waals surface area contributed by atoms with Gasteiger partial charge in [0.2, 0.25) is 5.91 Å². The van der Waals surface area contributed by atoms with Gasteiger partial charge in [0.05, 0.1) is 6.04 Å². The molecular formula is C14H18F3N3O2S. The maximum atomic E-state index is 11.9. The van der Waals surface area contributed by atoms with Gasteiger partial charge in [0.15, 0.2) is 0 Å². The average molecular weight is 349 g/mol. The molecular weight excluding hydrogens is 331 g/mol. The van der Waals surface area contributed by atoms with Crippen LogP contribution in [0.15, 0.2) is 24.3 Å². The highest BCUT2D eigenvalue weighted by Gasteiger charge is 2.27. The van der Waals surface area contributed by atoms with Crippen molar-refractivity contribution >= 4 is 29.4 Å². The van der Waals surface area contributed by atoms with Gasteiger partial charge >= 0.3 is 11.5 Å². The van der Waals surface area contributed by atoms with E-state index < -0.39 is 11.5 Å². The number of carbonyl (C=O) groups excluding carboxylic acids is 2. The molecule has 0 fully saturated rings. The molecule has 0 bridgehead atoms. The highest BCUT2D eigenvalue weighted by atomic mass is 32.2. The zero-order valence-corrected chi connectivity index (χ0v) is 13.5. The zero-order valence-electron chi connectivity index (χ0n) is 12.7. The van der Waals surface area contributed by atoms with E-state index >= 15 is 0 Å². The Labute approximate surface area is 136 Å². The Bertz CT molecular complexity index is 552. The van der Waals surface area contributed by atoms with E-state index in [1.165, 1.54) is 6.92 Å². The number of rotatable bonds is 6.